The molecule has 0 saturated carbocycles. The first-order chi connectivity index (χ1) is 13.2. The highest BCUT2D eigenvalue weighted by Gasteiger charge is 2.28. The first-order valence-electron chi connectivity index (χ1n) is 9.11. The van der Waals surface area contributed by atoms with Gasteiger partial charge in [-0.2, -0.15) is 0 Å². The molecule has 1 heterocycles. The van der Waals surface area contributed by atoms with E-state index >= 15 is 0 Å². The number of benzene rings is 2. The molecular weight excluding hydrogens is 374 g/mol. The van der Waals surface area contributed by atoms with Crippen LogP contribution in [0.2, 0.25) is 0 Å². The summed E-state index contributed by atoms with van der Waals surface area (Å²) in [5, 5.41) is 2.73. The van der Waals surface area contributed by atoms with E-state index in [9.17, 15) is 9.59 Å². The van der Waals surface area contributed by atoms with E-state index in [1.165, 1.54) is 0 Å². The average molecular weight is 400 g/mol. The van der Waals surface area contributed by atoms with Gasteiger partial charge in [-0.1, -0.05) is 24.3 Å². The molecule has 0 unspecified atom stereocenters. The molecule has 0 saturated heterocycles. The highest BCUT2D eigenvalue weighted by Crippen LogP contribution is 2.34. The Kier molecular flexibility index (Phi) is 5.96. The molecule has 148 valence electrons. The van der Waals surface area contributed by atoms with Gasteiger partial charge < -0.3 is 15.4 Å². The normalized spacial score (nSPS) is 16.9. The Morgan fingerprint density at radius 3 is 2.75 bits per heavy atom. The SMILES string of the molecule is CC(C)(C)OC(=O)Nc1cccc(CN2C(=O)[C@H](N)CSc3ccccc32)c1. The monoisotopic (exact) mass is 399 g/mol. The van der Waals surface area contributed by atoms with Crippen LogP contribution in [-0.2, 0) is 16.1 Å². The number of nitrogens with zero attached hydrogens (tertiary/aromatic N) is 1. The highest BCUT2D eigenvalue weighted by atomic mass is 32.2. The highest BCUT2D eigenvalue weighted by molar-refractivity contribution is 7.99. The van der Waals surface area contributed by atoms with E-state index in [0.717, 1.165) is 16.1 Å². The Hall–Kier alpha value is -2.51. The maximum Gasteiger partial charge on any atom is 0.412 e. The zero-order chi connectivity index (χ0) is 20.3. The summed E-state index contributed by atoms with van der Waals surface area (Å²) >= 11 is 1.59. The van der Waals surface area contributed by atoms with Gasteiger partial charge in [0.05, 0.1) is 18.3 Å². The molecule has 28 heavy (non-hydrogen) atoms. The second-order valence-corrected chi connectivity index (χ2v) is 8.70. The van der Waals surface area contributed by atoms with Crippen LogP contribution in [0.25, 0.3) is 0 Å². The van der Waals surface area contributed by atoms with Crippen molar-refractivity contribution in [2.24, 2.45) is 5.73 Å². The molecule has 0 aromatic heterocycles. The molecule has 0 fully saturated rings. The number of hydrogen-bond donors (Lipinski definition) is 2. The second kappa shape index (κ2) is 8.24. The summed E-state index contributed by atoms with van der Waals surface area (Å²) in [6.45, 7) is 5.81. The Morgan fingerprint density at radius 1 is 1.25 bits per heavy atom. The molecule has 0 bridgehead atoms. The molecule has 2 amide bonds. The summed E-state index contributed by atoms with van der Waals surface area (Å²) in [6, 6.07) is 14.6. The first kappa shape index (κ1) is 20.2. The zero-order valence-electron chi connectivity index (χ0n) is 16.3. The average Bonchev–Trinajstić information content (AvgIpc) is 2.73. The van der Waals surface area contributed by atoms with Gasteiger partial charge in [0.1, 0.15) is 5.60 Å². The third kappa shape index (κ3) is 5.05. The minimum atomic E-state index is -0.572. The Morgan fingerprint density at radius 2 is 2.00 bits per heavy atom. The molecular formula is C21H25N3O3S. The topological polar surface area (TPSA) is 84.7 Å². The molecule has 1 aliphatic rings. The summed E-state index contributed by atoms with van der Waals surface area (Å²) in [6.07, 6.45) is -0.515. The van der Waals surface area contributed by atoms with Crippen LogP contribution in [0.3, 0.4) is 0 Å². The van der Waals surface area contributed by atoms with Gasteiger partial charge in [-0.15, -0.1) is 11.8 Å². The van der Waals surface area contributed by atoms with E-state index in [0.29, 0.717) is 18.0 Å². The number of thioether (sulfide) groups is 1. The third-order valence-corrected chi connectivity index (χ3v) is 5.25. The molecule has 0 radical (unpaired) electrons. The van der Waals surface area contributed by atoms with Crippen molar-refractivity contribution in [3.8, 4) is 0 Å². The fourth-order valence-corrected chi connectivity index (χ4v) is 3.89. The number of rotatable bonds is 3. The number of nitrogens with two attached hydrogens (primary N) is 1. The lowest BCUT2D eigenvalue weighted by Gasteiger charge is -2.24. The minimum Gasteiger partial charge on any atom is -0.444 e. The van der Waals surface area contributed by atoms with Crippen molar-refractivity contribution >= 4 is 35.1 Å². The van der Waals surface area contributed by atoms with Gasteiger partial charge in [0.15, 0.2) is 0 Å². The molecule has 2 aromatic rings. The Labute approximate surface area is 169 Å². The van der Waals surface area contributed by atoms with E-state index in [-0.39, 0.29) is 5.91 Å². The van der Waals surface area contributed by atoms with Crippen LogP contribution in [-0.4, -0.2) is 29.4 Å². The van der Waals surface area contributed by atoms with Gasteiger partial charge >= 0.3 is 6.09 Å². The zero-order valence-corrected chi connectivity index (χ0v) is 17.1. The third-order valence-electron chi connectivity index (χ3n) is 4.07. The summed E-state index contributed by atoms with van der Waals surface area (Å²) in [7, 11) is 0. The summed E-state index contributed by atoms with van der Waals surface area (Å²) < 4.78 is 5.29. The number of nitrogens with one attached hydrogen (secondary N) is 1. The van der Waals surface area contributed by atoms with E-state index in [1.807, 2.05) is 63.2 Å². The first-order valence-corrected chi connectivity index (χ1v) is 10.1. The van der Waals surface area contributed by atoms with Crippen LogP contribution in [0.15, 0.2) is 53.4 Å². The molecule has 6 nitrogen and oxygen atoms in total. The molecule has 2 aromatic carbocycles. The van der Waals surface area contributed by atoms with Crippen LogP contribution in [0.1, 0.15) is 26.3 Å². The van der Waals surface area contributed by atoms with Crippen molar-refractivity contribution in [3.05, 3.63) is 54.1 Å². The van der Waals surface area contributed by atoms with Gasteiger partial charge in [-0.25, -0.2) is 4.79 Å². The van der Waals surface area contributed by atoms with Crippen molar-refractivity contribution < 1.29 is 14.3 Å². The van der Waals surface area contributed by atoms with Gasteiger partial charge in [-0.05, 0) is 50.6 Å². The number of carbonyl (C=O) groups is 2. The van der Waals surface area contributed by atoms with Gasteiger partial charge in [0.25, 0.3) is 0 Å². The van der Waals surface area contributed by atoms with Crippen molar-refractivity contribution in [3.63, 3.8) is 0 Å². The molecule has 3 rings (SSSR count). The lowest BCUT2D eigenvalue weighted by molar-refractivity contribution is -0.119. The Bertz CT molecular complexity index is 879. The van der Waals surface area contributed by atoms with Crippen molar-refractivity contribution in [1.29, 1.82) is 0 Å². The fourth-order valence-electron chi connectivity index (χ4n) is 2.89. The van der Waals surface area contributed by atoms with Gasteiger partial charge in [-0.3, -0.25) is 10.1 Å². The number of hydrogen-bond acceptors (Lipinski definition) is 5. The van der Waals surface area contributed by atoms with E-state index in [4.69, 9.17) is 10.5 Å². The smallest absolute Gasteiger partial charge is 0.412 e. The predicted octanol–water partition coefficient (Wildman–Crippen LogP) is 4.00. The van der Waals surface area contributed by atoms with E-state index in [2.05, 4.69) is 5.32 Å². The number of carbonyl (C=O) groups excluding carboxylic acids is 2. The lowest BCUT2D eigenvalue weighted by Crippen LogP contribution is -2.44. The minimum absolute atomic E-state index is 0.108. The maximum atomic E-state index is 12.8. The largest absolute Gasteiger partial charge is 0.444 e. The molecule has 1 aliphatic heterocycles. The van der Waals surface area contributed by atoms with Crippen molar-refractivity contribution in [2.45, 2.75) is 43.9 Å². The van der Waals surface area contributed by atoms with Crippen molar-refractivity contribution in [1.82, 2.24) is 0 Å². The van der Waals surface area contributed by atoms with Crippen LogP contribution in [0, 0.1) is 0 Å². The summed E-state index contributed by atoms with van der Waals surface area (Å²) in [5.41, 5.74) is 7.85. The van der Waals surface area contributed by atoms with Crippen LogP contribution >= 0.6 is 11.8 Å². The number of fused-ring (bicyclic) bond motifs is 1. The van der Waals surface area contributed by atoms with Crippen LogP contribution in [0.4, 0.5) is 16.2 Å². The van der Waals surface area contributed by atoms with Gasteiger partial charge in [0.2, 0.25) is 5.91 Å². The Balaban J connectivity index is 1.81. The quantitative estimate of drug-likeness (QED) is 0.815. The number of amides is 2. The number of ether oxygens (including phenoxy) is 1. The van der Waals surface area contributed by atoms with Crippen LogP contribution < -0.4 is 16.0 Å². The molecule has 0 spiro atoms. The second-order valence-electron chi connectivity index (χ2n) is 7.64. The fraction of sp³-hybridized carbons (Fsp3) is 0.333. The van der Waals surface area contributed by atoms with Gasteiger partial charge in [0, 0.05) is 16.3 Å². The van der Waals surface area contributed by atoms with Crippen molar-refractivity contribution in [2.75, 3.05) is 16.0 Å². The van der Waals surface area contributed by atoms with Crippen LogP contribution in [0.5, 0.6) is 0 Å². The standard InChI is InChI=1S/C21H25N3O3S/c1-21(2,3)27-20(26)23-15-8-6-7-14(11-15)12-24-17-9-4-5-10-18(17)28-13-16(22)19(24)25/h4-11,16H,12-13,22H2,1-3H3,(H,23,26)/t16-/m1/s1. The molecule has 7 heteroatoms. The molecule has 1 atom stereocenters. The lowest BCUT2D eigenvalue weighted by atomic mass is 10.1. The molecule has 0 aliphatic carbocycles. The van der Waals surface area contributed by atoms with E-state index < -0.39 is 17.7 Å². The summed E-state index contributed by atoms with van der Waals surface area (Å²) in [4.78, 5) is 27.6. The number of para-hydroxylation sites is 1. The summed E-state index contributed by atoms with van der Waals surface area (Å²) in [5.74, 6) is 0.440. The molecule has 3 N–H and O–H groups in total. The maximum absolute atomic E-state index is 12.8. The predicted molar refractivity (Wildman–Crippen MR) is 113 cm³/mol. The van der Waals surface area contributed by atoms with E-state index in [1.54, 1.807) is 22.7 Å². The number of anilines is 2.